The molecule has 0 spiro atoms. The first-order valence-electron chi connectivity index (χ1n) is 9.57. The Labute approximate surface area is 187 Å². The molecule has 0 heterocycles. The zero-order valence-electron chi connectivity index (χ0n) is 16.6. The van der Waals surface area contributed by atoms with Gasteiger partial charge in [0.2, 0.25) is 11.8 Å². The van der Waals surface area contributed by atoms with E-state index >= 15 is 0 Å². The number of carbonyl (C=O) groups excluding carboxylic acids is 2. The first kappa shape index (κ1) is 23.5. The lowest BCUT2D eigenvalue weighted by Crippen LogP contribution is -2.48. The van der Waals surface area contributed by atoms with Crippen LogP contribution in [0.25, 0.3) is 0 Å². The van der Waals surface area contributed by atoms with Crippen molar-refractivity contribution in [3.8, 4) is 0 Å². The summed E-state index contributed by atoms with van der Waals surface area (Å²) in [5, 5.41) is 4.48. The van der Waals surface area contributed by atoms with Crippen LogP contribution in [0.2, 0.25) is 15.1 Å². The van der Waals surface area contributed by atoms with E-state index in [-0.39, 0.29) is 24.8 Å². The highest BCUT2D eigenvalue weighted by molar-refractivity contribution is 6.35. The molecule has 7 heteroatoms. The van der Waals surface area contributed by atoms with Gasteiger partial charge in [0.25, 0.3) is 0 Å². The highest BCUT2D eigenvalue weighted by atomic mass is 35.5. The Morgan fingerprint density at radius 1 is 1.03 bits per heavy atom. The minimum atomic E-state index is -0.640. The second kappa shape index (κ2) is 11.4. The molecule has 0 aliphatic rings. The molecule has 0 unspecified atom stereocenters. The summed E-state index contributed by atoms with van der Waals surface area (Å²) in [4.78, 5) is 27.3. The number of nitrogens with zero attached hydrogens (tertiary/aromatic N) is 1. The summed E-state index contributed by atoms with van der Waals surface area (Å²) in [5.74, 6) is -0.357. The van der Waals surface area contributed by atoms with Crippen molar-refractivity contribution in [3.63, 3.8) is 0 Å². The van der Waals surface area contributed by atoms with Gasteiger partial charge >= 0.3 is 0 Å². The average Bonchev–Trinajstić information content (AvgIpc) is 2.68. The number of halogens is 3. The van der Waals surface area contributed by atoms with Gasteiger partial charge in [0.05, 0.1) is 6.42 Å². The number of carbonyl (C=O) groups is 2. The third-order valence-corrected chi connectivity index (χ3v) is 5.46. The molecule has 0 saturated heterocycles. The smallest absolute Gasteiger partial charge is 0.242 e. The summed E-state index contributed by atoms with van der Waals surface area (Å²) < 4.78 is 0. The van der Waals surface area contributed by atoms with Gasteiger partial charge in [-0.2, -0.15) is 0 Å². The number of rotatable bonds is 9. The highest BCUT2D eigenvalue weighted by Gasteiger charge is 2.26. The molecule has 0 aliphatic heterocycles. The van der Waals surface area contributed by atoms with Crippen LogP contribution in [0.15, 0.2) is 42.5 Å². The van der Waals surface area contributed by atoms with E-state index in [1.54, 1.807) is 54.3 Å². The van der Waals surface area contributed by atoms with Crippen LogP contribution in [0.1, 0.15) is 37.8 Å². The Kier molecular flexibility index (Phi) is 9.28. The molecule has 1 atom stereocenters. The number of hydrogen-bond donors (Lipinski definition) is 1. The summed E-state index contributed by atoms with van der Waals surface area (Å²) in [6.07, 6.45) is 2.03. The second-order valence-electron chi connectivity index (χ2n) is 6.88. The minimum Gasteiger partial charge on any atom is -0.354 e. The normalized spacial score (nSPS) is 11.8. The van der Waals surface area contributed by atoms with Crippen LogP contribution in [-0.4, -0.2) is 29.3 Å². The summed E-state index contributed by atoms with van der Waals surface area (Å²) in [5.41, 5.74) is 1.55. The molecule has 2 aromatic rings. The number of hydrogen-bond acceptors (Lipinski definition) is 2. The Balaban J connectivity index is 2.21. The molecule has 2 rings (SSSR count). The molecule has 0 saturated carbocycles. The van der Waals surface area contributed by atoms with E-state index in [0.717, 1.165) is 24.0 Å². The maximum atomic E-state index is 13.1. The van der Waals surface area contributed by atoms with Gasteiger partial charge in [0.1, 0.15) is 6.04 Å². The molecule has 2 amide bonds. The lowest BCUT2D eigenvalue weighted by atomic mass is 10.1. The third kappa shape index (κ3) is 7.22. The van der Waals surface area contributed by atoms with E-state index < -0.39 is 6.04 Å². The predicted molar refractivity (Wildman–Crippen MR) is 120 cm³/mol. The van der Waals surface area contributed by atoms with Crippen LogP contribution in [0.3, 0.4) is 0 Å². The van der Waals surface area contributed by atoms with Crippen molar-refractivity contribution in [2.45, 2.75) is 45.7 Å². The predicted octanol–water partition coefficient (Wildman–Crippen LogP) is 5.52. The van der Waals surface area contributed by atoms with Crippen LogP contribution in [0, 0.1) is 0 Å². The Morgan fingerprint density at radius 2 is 1.69 bits per heavy atom. The summed E-state index contributed by atoms with van der Waals surface area (Å²) in [6, 6.07) is 11.6. The van der Waals surface area contributed by atoms with Gasteiger partial charge < -0.3 is 10.2 Å². The summed E-state index contributed by atoms with van der Waals surface area (Å²) in [7, 11) is 0. The molecule has 0 bridgehead atoms. The van der Waals surface area contributed by atoms with Gasteiger partial charge in [-0.3, -0.25) is 9.59 Å². The molecule has 156 valence electrons. The van der Waals surface area contributed by atoms with E-state index in [0.29, 0.717) is 21.6 Å². The number of unbranched alkanes of at least 4 members (excludes halogenated alkanes) is 1. The van der Waals surface area contributed by atoms with Gasteiger partial charge in [-0.15, -0.1) is 0 Å². The molecule has 0 fully saturated rings. The lowest BCUT2D eigenvalue weighted by molar-refractivity contribution is -0.140. The van der Waals surface area contributed by atoms with Gasteiger partial charge in [0, 0.05) is 28.2 Å². The van der Waals surface area contributed by atoms with Crippen molar-refractivity contribution >= 4 is 46.6 Å². The van der Waals surface area contributed by atoms with Crippen LogP contribution in [0.5, 0.6) is 0 Å². The number of benzene rings is 2. The van der Waals surface area contributed by atoms with Gasteiger partial charge in [-0.05, 0) is 48.7 Å². The monoisotopic (exact) mass is 454 g/mol. The summed E-state index contributed by atoms with van der Waals surface area (Å²) >= 11 is 18.2. The van der Waals surface area contributed by atoms with Crippen LogP contribution < -0.4 is 5.32 Å². The molecule has 0 radical (unpaired) electrons. The van der Waals surface area contributed by atoms with E-state index in [4.69, 9.17) is 34.8 Å². The van der Waals surface area contributed by atoms with Crippen LogP contribution in [0.4, 0.5) is 0 Å². The van der Waals surface area contributed by atoms with Crippen molar-refractivity contribution in [2.24, 2.45) is 0 Å². The molecular formula is C22H25Cl3N2O2. The average molecular weight is 456 g/mol. The molecule has 2 aromatic carbocycles. The molecular weight excluding hydrogens is 431 g/mol. The number of amides is 2. The van der Waals surface area contributed by atoms with Crippen LogP contribution in [-0.2, 0) is 22.6 Å². The highest BCUT2D eigenvalue weighted by Crippen LogP contribution is 2.23. The maximum absolute atomic E-state index is 13.1. The maximum Gasteiger partial charge on any atom is 0.242 e. The second-order valence-corrected chi connectivity index (χ2v) is 8.16. The van der Waals surface area contributed by atoms with E-state index in [9.17, 15) is 9.59 Å². The van der Waals surface area contributed by atoms with Crippen molar-refractivity contribution in [1.82, 2.24) is 10.2 Å². The van der Waals surface area contributed by atoms with Gasteiger partial charge in [-0.1, -0.05) is 66.3 Å². The van der Waals surface area contributed by atoms with Crippen molar-refractivity contribution in [2.75, 3.05) is 6.54 Å². The SMILES string of the molecule is CCCCNC(=O)[C@@H](C)N(Cc1ccc(Cl)cc1Cl)C(=O)Cc1ccc(Cl)cc1. The standard InChI is InChI=1S/C22H25Cl3N2O2/c1-3-4-11-26-22(29)15(2)27(14-17-7-10-19(24)13-20(17)25)21(28)12-16-5-8-18(23)9-6-16/h5-10,13,15H,3-4,11-12,14H2,1-2H3,(H,26,29)/t15-/m1/s1. The van der Waals surface area contributed by atoms with Crippen molar-refractivity contribution in [3.05, 3.63) is 68.7 Å². The fourth-order valence-corrected chi connectivity index (χ4v) is 3.42. The zero-order chi connectivity index (χ0) is 21.4. The topological polar surface area (TPSA) is 49.4 Å². The van der Waals surface area contributed by atoms with Crippen LogP contribution >= 0.6 is 34.8 Å². The van der Waals surface area contributed by atoms with Crippen molar-refractivity contribution in [1.29, 1.82) is 0 Å². The summed E-state index contributed by atoms with van der Waals surface area (Å²) in [6.45, 7) is 4.58. The molecule has 4 nitrogen and oxygen atoms in total. The first-order chi connectivity index (χ1) is 13.8. The van der Waals surface area contributed by atoms with Crippen molar-refractivity contribution < 1.29 is 9.59 Å². The molecule has 1 N–H and O–H groups in total. The van der Waals surface area contributed by atoms with E-state index in [2.05, 4.69) is 12.2 Å². The molecule has 0 aliphatic carbocycles. The quantitative estimate of drug-likeness (QED) is 0.506. The largest absolute Gasteiger partial charge is 0.354 e. The van der Waals surface area contributed by atoms with Gasteiger partial charge in [-0.25, -0.2) is 0 Å². The van der Waals surface area contributed by atoms with E-state index in [1.807, 2.05) is 0 Å². The number of nitrogens with one attached hydrogen (secondary N) is 1. The third-order valence-electron chi connectivity index (χ3n) is 4.62. The fourth-order valence-electron chi connectivity index (χ4n) is 2.83. The first-order valence-corrected chi connectivity index (χ1v) is 10.7. The zero-order valence-corrected chi connectivity index (χ0v) is 18.8. The minimum absolute atomic E-state index is 0.162. The lowest BCUT2D eigenvalue weighted by Gasteiger charge is -2.29. The Morgan fingerprint density at radius 3 is 2.31 bits per heavy atom. The Bertz CT molecular complexity index is 840. The Hall–Kier alpha value is -1.75. The molecule has 0 aromatic heterocycles. The fraction of sp³-hybridized carbons (Fsp3) is 0.364. The van der Waals surface area contributed by atoms with E-state index in [1.165, 1.54) is 0 Å². The van der Waals surface area contributed by atoms with Gasteiger partial charge in [0.15, 0.2) is 0 Å². The molecule has 29 heavy (non-hydrogen) atoms.